The van der Waals surface area contributed by atoms with E-state index in [0.717, 1.165) is 10.6 Å². The van der Waals surface area contributed by atoms with Crippen molar-refractivity contribution in [3.8, 4) is 16.5 Å². The van der Waals surface area contributed by atoms with Crippen molar-refractivity contribution in [3.63, 3.8) is 0 Å². The standard InChI is InChI=1S/C10H13N3O2S/c1-6(4-11)9-12-10(15-13-9)8-3-7(14-2)5-16-8/h3,5-6H,4,11H2,1-2H3. The Morgan fingerprint density at radius 3 is 3.06 bits per heavy atom. The number of nitrogens with zero attached hydrogens (tertiary/aromatic N) is 2. The van der Waals surface area contributed by atoms with Crippen LogP contribution in [0.25, 0.3) is 10.8 Å². The number of rotatable bonds is 4. The molecular formula is C10H13N3O2S. The lowest BCUT2D eigenvalue weighted by Crippen LogP contribution is -2.10. The lowest BCUT2D eigenvalue weighted by atomic mass is 10.2. The molecule has 2 heterocycles. The second-order valence-corrected chi connectivity index (χ2v) is 4.36. The van der Waals surface area contributed by atoms with Gasteiger partial charge in [0.2, 0.25) is 0 Å². The molecule has 0 fully saturated rings. The number of thiophene rings is 1. The van der Waals surface area contributed by atoms with Gasteiger partial charge in [0.05, 0.1) is 12.0 Å². The summed E-state index contributed by atoms with van der Waals surface area (Å²) in [6, 6.07) is 1.87. The van der Waals surface area contributed by atoms with Crippen LogP contribution >= 0.6 is 11.3 Å². The molecule has 6 heteroatoms. The van der Waals surface area contributed by atoms with Gasteiger partial charge in [0.25, 0.3) is 5.89 Å². The Kier molecular flexibility index (Phi) is 3.21. The summed E-state index contributed by atoms with van der Waals surface area (Å²) in [5.74, 6) is 2.07. The fourth-order valence-corrected chi connectivity index (χ4v) is 1.95. The van der Waals surface area contributed by atoms with E-state index in [9.17, 15) is 0 Å². The Bertz CT molecular complexity index is 466. The highest BCUT2D eigenvalue weighted by atomic mass is 32.1. The van der Waals surface area contributed by atoms with Crippen molar-refractivity contribution in [2.45, 2.75) is 12.8 Å². The summed E-state index contributed by atoms with van der Waals surface area (Å²) < 4.78 is 10.3. The minimum atomic E-state index is 0.111. The van der Waals surface area contributed by atoms with Crippen LogP contribution in [-0.4, -0.2) is 23.8 Å². The van der Waals surface area contributed by atoms with Crippen LogP contribution in [0, 0.1) is 0 Å². The monoisotopic (exact) mass is 239 g/mol. The molecule has 1 unspecified atom stereocenters. The molecule has 2 N–H and O–H groups in total. The number of hydrogen-bond acceptors (Lipinski definition) is 6. The van der Waals surface area contributed by atoms with E-state index in [-0.39, 0.29) is 5.92 Å². The van der Waals surface area contributed by atoms with Gasteiger partial charge in [-0.05, 0) is 0 Å². The predicted octanol–water partition coefficient (Wildman–Crippen LogP) is 1.87. The third kappa shape index (κ3) is 2.07. The van der Waals surface area contributed by atoms with Crippen molar-refractivity contribution in [1.82, 2.24) is 10.1 Å². The molecule has 0 aliphatic carbocycles. The largest absolute Gasteiger partial charge is 0.496 e. The predicted molar refractivity (Wildman–Crippen MR) is 61.6 cm³/mol. The molecule has 16 heavy (non-hydrogen) atoms. The van der Waals surface area contributed by atoms with Crippen LogP contribution in [0.2, 0.25) is 0 Å². The summed E-state index contributed by atoms with van der Waals surface area (Å²) in [6.07, 6.45) is 0. The fraction of sp³-hybridized carbons (Fsp3) is 0.400. The summed E-state index contributed by atoms with van der Waals surface area (Å²) in [6.45, 7) is 2.47. The molecule has 2 aromatic heterocycles. The minimum Gasteiger partial charge on any atom is -0.496 e. The van der Waals surface area contributed by atoms with Gasteiger partial charge in [0, 0.05) is 23.9 Å². The SMILES string of the molecule is COc1csc(-c2nc(C(C)CN)no2)c1. The quantitative estimate of drug-likeness (QED) is 0.881. The van der Waals surface area contributed by atoms with Crippen molar-refractivity contribution in [2.24, 2.45) is 5.73 Å². The van der Waals surface area contributed by atoms with Gasteiger partial charge in [-0.3, -0.25) is 0 Å². The van der Waals surface area contributed by atoms with E-state index >= 15 is 0 Å². The number of aromatic nitrogens is 2. The Hall–Kier alpha value is -1.40. The highest BCUT2D eigenvalue weighted by Crippen LogP contribution is 2.30. The highest BCUT2D eigenvalue weighted by molar-refractivity contribution is 7.13. The Balaban J connectivity index is 2.24. The first-order chi connectivity index (χ1) is 7.74. The molecule has 86 valence electrons. The Morgan fingerprint density at radius 2 is 2.44 bits per heavy atom. The normalized spacial score (nSPS) is 12.7. The molecule has 0 aliphatic rings. The van der Waals surface area contributed by atoms with Crippen LogP contribution in [0.1, 0.15) is 18.7 Å². The van der Waals surface area contributed by atoms with Gasteiger partial charge in [-0.1, -0.05) is 12.1 Å². The van der Waals surface area contributed by atoms with E-state index < -0.39 is 0 Å². The third-order valence-electron chi connectivity index (χ3n) is 2.26. The highest BCUT2D eigenvalue weighted by Gasteiger charge is 2.15. The number of ether oxygens (including phenoxy) is 1. The first-order valence-electron chi connectivity index (χ1n) is 4.91. The second kappa shape index (κ2) is 4.63. The molecule has 5 nitrogen and oxygen atoms in total. The Morgan fingerprint density at radius 1 is 1.62 bits per heavy atom. The summed E-state index contributed by atoms with van der Waals surface area (Å²) in [5.41, 5.74) is 5.54. The maximum absolute atomic E-state index is 5.54. The van der Waals surface area contributed by atoms with E-state index in [2.05, 4.69) is 10.1 Å². The summed E-state index contributed by atoms with van der Waals surface area (Å²) in [5, 5.41) is 5.79. The molecule has 0 amide bonds. The van der Waals surface area contributed by atoms with Gasteiger partial charge in [-0.2, -0.15) is 4.98 Å². The van der Waals surface area contributed by atoms with Gasteiger partial charge in [0.1, 0.15) is 5.75 Å². The minimum absolute atomic E-state index is 0.111. The number of nitrogens with two attached hydrogens (primary N) is 1. The summed E-state index contributed by atoms with van der Waals surface area (Å²) >= 11 is 1.51. The van der Waals surface area contributed by atoms with Crippen LogP contribution in [0.5, 0.6) is 5.75 Å². The van der Waals surface area contributed by atoms with Crippen molar-refractivity contribution in [1.29, 1.82) is 0 Å². The molecule has 2 aromatic rings. The average molecular weight is 239 g/mol. The first-order valence-corrected chi connectivity index (χ1v) is 5.79. The van der Waals surface area contributed by atoms with Gasteiger partial charge in [-0.25, -0.2) is 0 Å². The molecule has 0 aliphatic heterocycles. The van der Waals surface area contributed by atoms with Crippen LogP contribution in [0.3, 0.4) is 0 Å². The summed E-state index contributed by atoms with van der Waals surface area (Å²) in [7, 11) is 1.63. The zero-order valence-electron chi connectivity index (χ0n) is 9.14. The smallest absolute Gasteiger partial charge is 0.268 e. The topological polar surface area (TPSA) is 74.2 Å². The summed E-state index contributed by atoms with van der Waals surface area (Å²) in [4.78, 5) is 5.20. The fourth-order valence-electron chi connectivity index (χ4n) is 1.18. The molecule has 1 atom stereocenters. The van der Waals surface area contributed by atoms with Crippen molar-refractivity contribution >= 4 is 11.3 Å². The van der Waals surface area contributed by atoms with Gasteiger partial charge >= 0.3 is 0 Å². The molecule has 0 bridgehead atoms. The van der Waals surface area contributed by atoms with Gasteiger partial charge < -0.3 is 15.0 Å². The molecule has 0 saturated heterocycles. The molecule has 0 spiro atoms. The van der Waals surface area contributed by atoms with Crippen molar-refractivity contribution < 1.29 is 9.26 Å². The van der Waals surface area contributed by atoms with E-state index in [0.29, 0.717) is 18.3 Å². The second-order valence-electron chi connectivity index (χ2n) is 3.45. The van der Waals surface area contributed by atoms with E-state index in [1.807, 2.05) is 18.4 Å². The Labute approximate surface area is 97.2 Å². The van der Waals surface area contributed by atoms with Crippen LogP contribution < -0.4 is 10.5 Å². The maximum Gasteiger partial charge on any atom is 0.268 e. The lowest BCUT2D eigenvalue weighted by molar-refractivity contribution is 0.413. The number of hydrogen-bond donors (Lipinski definition) is 1. The van der Waals surface area contributed by atoms with Crippen molar-refractivity contribution in [2.75, 3.05) is 13.7 Å². The first kappa shape index (κ1) is 11.1. The third-order valence-corrected chi connectivity index (χ3v) is 3.15. The van der Waals surface area contributed by atoms with Gasteiger partial charge in [0.15, 0.2) is 5.82 Å². The van der Waals surface area contributed by atoms with Gasteiger partial charge in [-0.15, -0.1) is 11.3 Å². The zero-order valence-corrected chi connectivity index (χ0v) is 9.95. The molecule has 0 aromatic carbocycles. The van der Waals surface area contributed by atoms with Crippen LogP contribution in [0.15, 0.2) is 16.0 Å². The van der Waals surface area contributed by atoms with Crippen LogP contribution in [0.4, 0.5) is 0 Å². The van der Waals surface area contributed by atoms with Crippen molar-refractivity contribution in [3.05, 3.63) is 17.3 Å². The molecular weight excluding hydrogens is 226 g/mol. The van der Waals surface area contributed by atoms with E-state index in [4.69, 9.17) is 15.0 Å². The molecule has 0 radical (unpaired) electrons. The average Bonchev–Trinajstić information content (AvgIpc) is 2.95. The van der Waals surface area contributed by atoms with E-state index in [1.54, 1.807) is 7.11 Å². The molecule has 2 rings (SSSR count). The zero-order chi connectivity index (χ0) is 11.5. The van der Waals surface area contributed by atoms with E-state index in [1.165, 1.54) is 11.3 Å². The maximum atomic E-state index is 5.54. The lowest BCUT2D eigenvalue weighted by Gasteiger charge is -1.98. The molecule has 0 saturated carbocycles. The number of methoxy groups -OCH3 is 1. The van der Waals surface area contributed by atoms with Crippen LogP contribution in [-0.2, 0) is 0 Å².